The minimum Gasteiger partial charge on any atom is -0.694 e. The molecule has 2 heteroatoms. The molecule has 0 aromatic heterocycles. The van der Waals surface area contributed by atoms with E-state index in [0.717, 1.165) is 12.8 Å². The van der Waals surface area contributed by atoms with Gasteiger partial charge in [0.25, 0.3) is 0 Å². The van der Waals surface area contributed by atoms with E-state index in [-0.39, 0.29) is 43.4 Å². The van der Waals surface area contributed by atoms with E-state index in [2.05, 4.69) is 12.8 Å². The van der Waals surface area contributed by atoms with Crippen LogP contribution in [0.1, 0.15) is 26.2 Å². The Kier molecular flexibility index (Phi) is 58.7. The van der Waals surface area contributed by atoms with Gasteiger partial charge in [-0.25, -0.2) is 0 Å². The molecule has 0 heterocycles. The fourth-order valence-electron chi connectivity index (χ4n) is 0.265. The Morgan fingerprint density at radius 3 is 2.00 bits per heavy atom. The fourth-order valence-corrected chi connectivity index (χ4v) is 0.265. The number of hydrogen-bond donors (Lipinski definition) is 0. The van der Waals surface area contributed by atoms with Gasteiger partial charge < -0.3 is 19.8 Å². The Morgan fingerprint density at radius 2 is 1.89 bits per heavy atom. The van der Waals surface area contributed by atoms with Gasteiger partial charge in [0.15, 0.2) is 0 Å². The third-order valence-corrected chi connectivity index (χ3v) is 0.655. The molecular weight excluding hydrogens is 155 g/mol. The Bertz CT molecular complexity index is 56.4. The minimum atomic E-state index is 0. The molecular formula is C7H12CuLi. The molecule has 0 saturated heterocycles. The summed E-state index contributed by atoms with van der Waals surface area (Å²) in [5.41, 5.74) is 0. The van der Waals surface area contributed by atoms with Crippen LogP contribution in [0.25, 0.3) is 0 Å². The molecule has 0 atom stereocenters. The molecule has 0 rings (SSSR count). The van der Waals surface area contributed by atoms with Gasteiger partial charge in [0.2, 0.25) is 0 Å². The third kappa shape index (κ3) is 28.6. The molecule has 0 fully saturated rings. The van der Waals surface area contributed by atoms with E-state index in [1.54, 1.807) is 0 Å². The van der Waals surface area contributed by atoms with Crippen LogP contribution in [0.5, 0.6) is 0 Å². The maximum atomic E-state index is 6.46. The molecule has 0 bridgehead atoms. The van der Waals surface area contributed by atoms with Crippen LogP contribution in [0, 0.1) is 19.8 Å². The van der Waals surface area contributed by atoms with Crippen LogP contribution < -0.4 is 18.9 Å². The van der Waals surface area contributed by atoms with Crippen molar-refractivity contribution in [2.75, 3.05) is 0 Å². The predicted octanol–water partition coefficient (Wildman–Crippen LogP) is -0.782. The van der Waals surface area contributed by atoms with Crippen molar-refractivity contribution in [3.63, 3.8) is 0 Å². The normalized spacial score (nSPS) is 4.89. The second kappa shape index (κ2) is 23.4. The van der Waals surface area contributed by atoms with Gasteiger partial charge in [-0.1, -0.05) is 13.3 Å². The van der Waals surface area contributed by atoms with Gasteiger partial charge in [0.1, 0.15) is 0 Å². The van der Waals surface area contributed by atoms with Gasteiger partial charge in [0.05, 0.1) is 0 Å². The topological polar surface area (TPSA) is 0 Å². The van der Waals surface area contributed by atoms with Crippen molar-refractivity contribution in [1.82, 2.24) is 0 Å². The van der Waals surface area contributed by atoms with Crippen molar-refractivity contribution in [2.45, 2.75) is 26.2 Å². The van der Waals surface area contributed by atoms with Crippen LogP contribution in [0.4, 0.5) is 0 Å². The molecule has 0 aromatic rings. The standard InChI is InChI=1S/C6H9.CH3.Cu.Li/c1-3-5-6-4-2;;;/h3,5-6H2,1H3;1H3;;/q2*-1;2*+1. The maximum absolute atomic E-state index is 6.46. The summed E-state index contributed by atoms with van der Waals surface area (Å²) in [7, 11) is 0. The van der Waals surface area contributed by atoms with Crippen molar-refractivity contribution in [1.29, 1.82) is 0 Å². The number of unbranched alkanes of at least 4 members (excludes halogenated alkanes) is 2. The summed E-state index contributed by atoms with van der Waals surface area (Å²) < 4.78 is 0. The maximum Gasteiger partial charge on any atom is 1.00 e. The summed E-state index contributed by atoms with van der Waals surface area (Å²) in [5, 5.41) is 0. The van der Waals surface area contributed by atoms with Crippen molar-refractivity contribution in [3.05, 3.63) is 13.9 Å². The number of hydrogen-bond acceptors (Lipinski definition) is 0. The second-order valence-electron chi connectivity index (χ2n) is 1.28. The Hall–Kier alpha value is 0.677. The summed E-state index contributed by atoms with van der Waals surface area (Å²) in [6.45, 7) is 2.11. The van der Waals surface area contributed by atoms with Crippen molar-refractivity contribution >= 4 is 0 Å². The van der Waals surface area contributed by atoms with Gasteiger partial charge in [-0.15, -0.1) is 0 Å². The van der Waals surface area contributed by atoms with Crippen LogP contribution in [0.15, 0.2) is 0 Å². The van der Waals surface area contributed by atoms with E-state index in [9.17, 15) is 0 Å². The molecule has 0 amide bonds. The molecule has 0 saturated carbocycles. The molecule has 0 unspecified atom stereocenters. The molecule has 0 aliphatic rings. The quantitative estimate of drug-likeness (QED) is 0.219. The van der Waals surface area contributed by atoms with Crippen LogP contribution >= 0.6 is 0 Å². The first-order chi connectivity index (χ1) is 2.91. The van der Waals surface area contributed by atoms with Crippen LogP contribution in [-0.2, 0) is 17.1 Å². The first-order valence-electron chi connectivity index (χ1n) is 2.31. The smallest absolute Gasteiger partial charge is 0.694 e. The molecule has 9 heavy (non-hydrogen) atoms. The van der Waals surface area contributed by atoms with Gasteiger partial charge in [-0.05, 0) is 12.8 Å². The predicted molar refractivity (Wildman–Crippen MR) is 33.1 cm³/mol. The van der Waals surface area contributed by atoms with Gasteiger partial charge in [-0.3, -0.25) is 0 Å². The average molecular weight is 167 g/mol. The molecule has 0 radical (unpaired) electrons. The summed E-state index contributed by atoms with van der Waals surface area (Å²) in [6, 6.07) is 0. The van der Waals surface area contributed by atoms with Crippen LogP contribution in [0.3, 0.4) is 0 Å². The fraction of sp³-hybridized carbons (Fsp3) is 0.571. The van der Waals surface area contributed by atoms with E-state index in [1.807, 2.05) is 0 Å². The zero-order valence-corrected chi connectivity index (χ0v) is 7.36. The zero-order chi connectivity index (χ0) is 4.83. The van der Waals surface area contributed by atoms with Crippen LogP contribution in [-0.4, -0.2) is 0 Å². The Labute approximate surface area is 81.8 Å². The van der Waals surface area contributed by atoms with E-state index >= 15 is 0 Å². The van der Waals surface area contributed by atoms with Gasteiger partial charge in [-0.2, -0.15) is 0 Å². The number of rotatable bonds is 2. The molecule has 0 aromatic carbocycles. The first-order valence-corrected chi connectivity index (χ1v) is 2.31. The average Bonchev–Trinajstić information content (AvgIpc) is 1.61. The van der Waals surface area contributed by atoms with E-state index in [0.29, 0.717) is 0 Å². The Balaban J connectivity index is -0.0000000417. The molecule has 0 nitrogen and oxygen atoms in total. The molecule has 0 N–H and O–H groups in total. The van der Waals surface area contributed by atoms with Crippen LogP contribution in [0.2, 0.25) is 0 Å². The summed E-state index contributed by atoms with van der Waals surface area (Å²) >= 11 is 0. The zero-order valence-electron chi connectivity index (χ0n) is 6.42. The third-order valence-electron chi connectivity index (χ3n) is 0.655. The van der Waals surface area contributed by atoms with E-state index in [1.165, 1.54) is 6.42 Å². The van der Waals surface area contributed by atoms with Crippen molar-refractivity contribution in [2.24, 2.45) is 0 Å². The minimum absolute atomic E-state index is 0. The molecule has 0 aliphatic heterocycles. The molecule has 0 spiro atoms. The Morgan fingerprint density at radius 1 is 1.44 bits per heavy atom. The van der Waals surface area contributed by atoms with Gasteiger partial charge >= 0.3 is 35.9 Å². The largest absolute Gasteiger partial charge is 1.00 e. The SMILES string of the molecule is [C-]#CCCCC.[CH3-].[Cu+].[Li+]. The second-order valence-corrected chi connectivity index (χ2v) is 1.28. The summed E-state index contributed by atoms with van der Waals surface area (Å²) in [6.07, 6.45) is 9.57. The molecule has 52 valence electrons. The monoisotopic (exact) mass is 166 g/mol. The van der Waals surface area contributed by atoms with E-state index < -0.39 is 0 Å². The van der Waals surface area contributed by atoms with Crippen molar-refractivity contribution in [3.8, 4) is 5.92 Å². The van der Waals surface area contributed by atoms with Crippen molar-refractivity contribution < 1.29 is 35.9 Å². The van der Waals surface area contributed by atoms with E-state index in [4.69, 9.17) is 6.42 Å². The van der Waals surface area contributed by atoms with Gasteiger partial charge in [0, 0.05) is 0 Å². The summed E-state index contributed by atoms with van der Waals surface area (Å²) in [5.74, 6) is 2.32. The summed E-state index contributed by atoms with van der Waals surface area (Å²) in [4.78, 5) is 0. The molecule has 0 aliphatic carbocycles. The first kappa shape index (κ1) is 22.6.